The van der Waals surface area contributed by atoms with Crippen LogP contribution in [0.15, 0.2) is 102 Å². The molecule has 0 atom stereocenters. The van der Waals surface area contributed by atoms with Gasteiger partial charge in [-0.05, 0) is 78.6 Å². The number of amides is 2. The average molecular weight is 607 g/mol. The number of nitrogens with one attached hydrogen (secondary N) is 1. The van der Waals surface area contributed by atoms with Gasteiger partial charge in [0.25, 0.3) is 5.91 Å². The highest BCUT2D eigenvalue weighted by molar-refractivity contribution is 5.96. The van der Waals surface area contributed by atoms with Gasteiger partial charge in [-0.25, -0.2) is 0 Å². The highest BCUT2D eigenvalue weighted by atomic mass is 16.5. The van der Waals surface area contributed by atoms with Crippen LogP contribution >= 0.6 is 0 Å². The summed E-state index contributed by atoms with van der Waals surface area (Å²) in [6.07, 6.45) is 6.29. The number of hydrogen-bond donors (Lipinski definition) is 1. The first-order valence-electron chi connectivity index (χ1n) is 15.5. The van der Waals surface area contributed by atoms with Crippen LogP contribution in [0.25, 0.3) is 10.9 Å². The maximum absolute atomic E-state index is 14.1. The van der Waals surface area contributed by atoms with Crippen molar-refractivity contribution < 1.29 is 18.7 Å². The third-order valence-electron chi connectivity index (χ3n) is 7.91. The second kappa shape index (κ2) is 15.1. The number of carbonyl (C=O) groups excluding carboxylic acids is 2. The Balaban J connectivity index is 1.36. The molecule has 0 saturated heterocycles. The molecule has 0 unspecified atom stereocenters. The smallest absolute Gasteiger partial charge is 0.254 e. The quantitative estimate of drug-likeness (QED) is 0.131. The van der Waals surface area contributed by atoms with E-state index in [0.717, 1.165) is 46.3 Å². The molecule has 45 heavy (non-hydrogen) atoms. The fourth-order valence-electron chi connectivity index (χ4n) is 5.27. The summed E-state index contributed by atoms with van der Waals surface area (Å²) in [5.74, 6) is 0.954. The molecule has 1 N–H and O–H groups in total. The van der Waals surface area contributed by atoms with E-state index in [-0.39, 0.29) is 24.9 Å². The Labute approximate surface area is 265 Å². The first-order chi connectivity index (χ1) is 21.9. The first-order valence-corrected chi connectivity index (χ1v) is 15.5. The van der Waals surface area contributed by atoms with Gasteiger partial charge in [-0.3, -0.25) is 9.59 Å². The molecule has 0 aliphatic rings. The number of fused-ring (bicyclic) bond motifs is 1. The monoisotopic (exact) mass is 606 g/mol. The lowest BCUT2D eigenvalue weighted by Gasteiger charge is -2.28. The van der Waals surface area contributed by atoms with Crippen molar-refractivity contribution in [3.8, 4) is 5.75 Å². The number of aromatic amines is 1. The lowest BCUT2D eigenvalue weighted by molar-refractivity contribution is -0.132. The minimum atomic E-state index is -0.244. The van der Waals surface area contributed by atoms with Crippen LogP contribution in [0.1, 0.15) is 47.0 Å². The predicted octanol–water partition coefficient (Wildman–Crippen LogP) is 6.92. The van der Waals surface area contributed by atoms with Crippen LogP contribution in [0.2, 0.25) is 0 Å². The van der Waals surface area contributed by atoms with Crippen molar-refractivity contribution in [3.63, 3.8) is 0 Å². The molecule has 2 amide bonds. The number of para-hydroxylation sites is 1. The number of rotatable bonds is 15. The van der Waals surface area contributed by atoms with Crippen molar-refractivity contribution in [3.05, 3.63) is 120 Å². The number of H-pyrrole nitrogens is 1. The Hall–Kier alpha value is -4.98. The molecule has 5 aromatic rings. The maximum atomic E-state index is 14.1. The normalized spacial score (nSPS) is 11.0. The SMILES string of the molecule is CCCCOc1ccc(C(=O)N(CC(=O)N(CCc2c[nH]c3ccccc23)Cc2ccc(N(C)C)cc2)Cc2ccco2)cc1. The molecule has 2 aromatic heterocycles. The number of unbranched alkanes of at least 4 members (excludes halogenated alkanes) is 1. The molecule has 8 heteroatoms. The molecular weight excluding hydrogens is 564 g/mol. The second-order valence-corrected chi connectivity index (χ2v) is 11.5. The Kier molecular flexibility index (Phi) is 10.6. The number of anilines is 1. The third kappa shape index (κ3) is 8.35. The van der Waals surface area contributed by atoms with Crippen molar-refractivity contribution in [2.75, 3.05) is 38.7 Å². The molecule has 0 spiro atoms. The zero-order valence-electron chi connectivity index (χ0n) is 26.4. The van der Waals surface area contributed by atoms with Crippen LogP contribution < -0.4 is 9.64 Å². The maximum Gasteiger partial charge on any atom is 0.254 e. The lowest BCUT2D eigenvalue weighted by Crippen LogP contribution is -2.43. The van der Waals surface area contributed by atoms with Gasteiger partial charge in [-0.15, -0.1) is 0 Å². The molecule has 5 rings (SSSR count). The molecule has 0 radical (unpaired) electrons. The number of hydrogen-bond acceptors (Lipinski definition) is 5. The molecule has 2 heterocycles. The van der Waals surface area contributed by atoms with E-state index in [2.05, 4.69) is 48.3 Å². The molecular formula is C37H42N4O4. The summed E-state index contributed by atoms with van der Waals surface area (Å²) < 4.78 is 11.4. The van der Waals surface area contributed by atoms with Crippen molar-refractivity contribution in [2.45, 2.75) is 39.3 Å². The van der Waals surface area contributed by atoms with Crippen LogP contribution in [0, 0.1) is 0 Å². The highest BCUT2D eigenvalue weighted by Crippen LogP contribution is 2.21. The van der Waals surface area contributed by atoms with Gasteiger partial charge in [0.2, 0.25) is 5.91 Å². The average Bonchev–Trinajstić information content (AvgIpc) is 3.73. The van der Waals surface area contributed by atoms with Crippen molar-refractivity contribution in [1.82, 2.24) is 14.8 Å². The zero-order chi connectivity index (χ0) is 31.6. The molecule has 0 fully saturated rings. The molecule has 3 aromatic carbocycles. The van der Waals surface area contributed by atoms with E-state index in [1.807, 2.05) is 48.3 Å². The van der Waals surface area contributed by atoms with Crippen LogP contribution in [-0.4, -0.2) is 60.4 Å². The molecule has 0 aliphatic carbocycles. The van der Waals surface area contributed by atoms with E-state index >= 15 is 0 Å². The van der Waals surface area contributed by atoms with Crippen LogP contribution in [0.4, 0.5) is 5.69 Å². The van der Waals surface area contributed by atoms with Crippen LogP contribution in [-0.2, 0) is 24.3 Å². The standard InChI is InChI=1S/C37H42N4O4/c1-4-5-22-44-32-18-14-29(15-19-32)37(43)41(26-33-9-8-23-45-33)27-36(42)40(25-28-12-16-31(17-13-28)39(2)3)21-20-30-24-38-35-11-7-6-10-34(30)35/h6-19,23-24,38H,4-5,20-22,25-27H2,1-3H3. The molecule has 0 saturated carbocycles. The van der Waals surface area contributed by atoms with Gasteiger partial charge < -0.3 is 28.8 Å². The van der Waals surface area contributed by atoms with Crippen LogP contribution in [0.3, 0.4) is 0 Å². The van der Waals surface area contributed by atoms with Gasteiger partial charge in [-0.1, -0.05) is 43.7 Å². The summed E-state index contributed by atoms with van der Waals surface area (Å²) in [5.41, 5.74) is 4.82. The summed E-state index contributed by atoms with van der Waals surface area (Å²) in [5, 5.41) is 1.15. The van der Waals surface area contributed by atoms with E-state index in [9.17, 15) is 9.59 Å². The number of carbonyl (C=O) groups is 2. The summed E-state index contributed by atoms with van der Waals surface area (Å²) in [7, 11) is 4.01. The topological polar surface area (TPSA) is 82.0 Å². The fraction of sp³-hybridized carbons (Fsp3) is 0.297. The van der Waals surface area contributed by atoms with E-state index in [4.69, 9.17) is 9.15 Å². The molecule has 8 nitrogen and oxygen atoms in total. The van der Waals surface area contributed by atoms with Crippen molar-refractivity contribution >= 4 is 28.4 Å². The summed E-state index contributed by atoms with van der Waals surface area (Å²) in [6.45, 7) is 3.78. The second-order valence-electron chi connectivity index (χ2n) is 11.5. The number of nitrogens with zero attached hydrogens (tertiary/aromatic N) is 3. The minimum Gasteiger partial charge on any atom is -0.494 e. The Morgan fingerprint density at radius 1 is 0.867 bits per heavy atom. The highest BCUT2D eigenvalue weighted by Gasteiger charge is 2.24. The largest absolute Gasteiger partial charge is 0.494 e. The van der Waals surface area contributed by atoms with E-state index in [1.165, 1.54) is 0 Å². The van der Waals surface area contributed by atoms with E-state index in [1.54, 1.807) is 41.5 Å². The lowest BCUT2D eigenvalue weighted by atomic mass is 10.1. The summed E-state index contributed by atoms with van der Waals surface area (Å²) in [6, 6.07) is 27.1. The summed E-state index contributed by atoms with van der Waals surface area (Å²) in [4.78, 5) is 36.7. The number of aromatic nitrogens is 1. The number of furan rings is 1. The fourth-order valence-corrected chi connectivity index (χ4v) is 5.27. The molecule has 0 bridgehead atoms. The van der Waals surface area contributed by atoms with Gasteiger partial charge in [0, 0.05) is 55.5 Å². The van der Waals surface area contributed by atoms with Crippen molar-refractivity contribution in [1.29, 1.82) is 0 Å². The molecule has 0 aliphatic heterocycles. The van der Waals surface area contributed by atoms with E-state index in [0.29, 0.717) is 37.4 Å². The zero-order valence-corrected chi connectivity index (χ0v) is 26.4. The Bertz CT molecular complexity index is 1660. The first kappa shape index (κ1) is 31.4. The van der Waals surface area contributed by atoms with Gasteiger partial charge in [0.15, 0.2) is 0 Å². The number of ether oxygens (including phenoxy) is 1. The predicted molar refractivity (Wildman–Crippen MR) is 178 cm³/mol. The van der Waals surface area contributed by atoms with Gasteiger partial charge in [0.05, 0.1) is 19.4 Å². The van der Waals surface area contributed by atoms with E-state index < -0.39 is 0 Å². The number of benzene rings is 3. The third-order valence-corrected chi connectivity index (χ3v) is 7.91. The summed E-state index contributed by atoms with van der Waals surface area (Å²) >= 11 is 0. The van der Waals surface area contributed by atoms with Gasteiger partial charge >= 0.3 is 0 Å². The minimum absolute atomic E-state index is 0.0854. The van der Waals surface area contributed by atoms with Crippen molar-refractivity contribution in [2.24, 2.45) is 0 Å². The Morgan fingerprint density at radius 3 is 2.36 bits per heavy atom. The van der Waals surface area contributed by atoms with Gasteiger partial charge in [0.1, 0.15) is 18.1 Å². The van der Waals surface area contributed by atoms with Gasteiger partial charge in [-0.2, -0.15) is 0 Å². The van der Waals surface area contributed by atoms with Crippen LogP contribution in [0.5, 0.6) is 5.75 Å². The Morgan fingerprint density at radius 2 is 1.64 bits per heavy atom. The molecule has 234 valence electrons.